The van der Waals surface area contributed by atoms with Crippen molar-refractivity contribution in [3.63, 3.8) is 0 Å². The molecule has 0 spiro atoms. The van der Waals surface area contributed by atoms with Crippen LogP contribution in [0.4, 0.5) is 0 Å². The van der Waals surface area contributed by atoms with Crippen molar-refractivity contribution in [2.24, 2.45) is 0 Å². The number of aromatic nitrogens is 4. The Kier molecular flexibility index (Phi) is 5.04. The predicted octanol–water partition coefficient (Wildman–Crippen LogP) is 3.08. The van der Waals surface area contributed by atoms with E-state index < -0.39 is 5.97 Å². The molecular formula is C16H20N4O2. The van der Waals surface area contributed by atoms with E-state index in [0.29, 0.717) is 11.5 Å². The smallest absolute Gasteiger partial charge is 0.339 e. The lowest BCUT2D eigenvalue weighted by Gasteiger charge is -2.08. The molecule has 0 bridgehead atoms. The maximum Gasteiger partial charge on any atom is 0.339 e. The Morgan fingerprint density at radius 1 is 1.41 bits per heavy atom. The maximum absolute atomic E-state index is 11.2. The van der Waals surface area contributed by atoms with Gasteiger partial charge in [0.1, 0.15) is 0 Å². The molecule has 0 atom stereocenters. The van der Waals surface area contributed by atoms with Crippen molar-refractivity contribution in [1.82, 2.24) is 19.7 Å². The molecule has 0 aliphatic rings. The number of carboxylic acid groups (broad SMARTS) is 1. The molecule has 6 heteroatoms. The number of carboxylic acids is 1. The first-order chi connectivity index (χ1) is 10.5. The number of aryl methyl sites for hydroxylation is 1. The molecule has 22 heavy (non-hydrogen) atoms. The number of carbonyl (C=O) groups is 1. The number of aromatic carboxylic acids is 1. The molecule has 0 aromatic carbocycles. The standard InChI is InChI=1S/C16H20N4O2/c1-4-9-20-12(7-8-18-20)5-6-14-17-10-13(16(21)22)15(19-14)11(2)3/h5-8,10-11H,4,9H2,1-3H3,(H,21,22). The van der Waals surface area contributed by atoms with E-state index in [9.17, 15) is 9.90 Å². The largest absolute Gasteiger partial charge is 0.478 e. The molecule has 116 valence electrons. The average Bonchev–Trinajstić information content (AvgIpc) is 2.92. The van der Waals surface area contributed by atoms with Crippen molar-refractivity contribution in [2.75, 3.05) is 0 Å². The molecule has 0 unspecified atom stereocenters. The van der Waals surface area contributed by atoms with Gasteiger partial charge < -0.3 is 5.11 Å². The fraction of sp³-hybridized carbons (Fsp3) is 0.375. The van der Waals surface area contributed by atoms with Gasteiger partial charge in [-0.3, -0.25) is 4.68 Å². The Hall–Kier alpha value is -2.50. The summed E-state index contributed by atoms with van der Waals surface area (Å²) in [7, 11) is 0. The lowest BCUT2D eigenvalue weighted by Crippen LogP contribution is -2.09. The van der Waals surface area contributed by atoms with Gasteiger partial charge in [-0.25, -0.2) is 14.8 Å². The molecule has 1 N–H and O–H groups in total. The Morgan fingerprint density at radius 3 is 2.82 bits per heavy atom. The highest BCUT2D eigenvalue weighted by atomic mass is 16.4. The second-order valence-corrected chi connectivity index (χ2v) is 5.30. The molecule has 0 aliphatic carbocycles. The minimum absolute atomic E-state index is 0.0202. The first kappa shape index (κ1) is 15.9. The van der Waals surface area contributed by atoms with Crippen molar-refractivity contribution >= 4 is 18.1 Å². The Morgan fingerprint density at radius 2 is 2.18 bits per heavy atom. The van der Waals surface area contributed by atoms with Gasteiger partial charge in [-0.1, -0.05) is 20.8 Å². The summed E-state index contributed by atoms with van der Waals surface area (Å²) < 4.78 is 1.91. The van der Waals surface area contributed by atoms with Crippen LogP contribution in [0.2, 0.25) is 0 Å². The van der Waals surface area contributed by atoms with Gasteiger partial charge in [0, 0.05) is 18.9 Å². The zero-order valence-corrected chi connectivity index (χ0v) is 13.0. The normalized spacial score (nSPS) is 11.5. The second-order valence-electron chi connectivity index (χ2n) is 5.30. The summed E-state index contributed by atoms with van der Waals surface area (Å²) in [6.45, 7) is 6.78. The van der Waals surface area contributed by atoms with E-state index in [-0.39, 0.29) is 11.5 Å². The third-order valence-electron chi connectivity index (χ3n) is 3.20. The SMILES string of the molecule is CCCn1nccc1C=Cc1ncc(C(=O)O)c(C(C)C)n1. The van der Waals surface area contributed by atoms with Crippen LogP contribution in [0.3, 0.4) is 0 Å². The lowest BCUT2D eigenvalue weighted by molar-refractivity contribution is 0.0694. The molecule has 0 saturated carbocycles. The lowest BCUT2D eigenvalue weighted by atomic mass is 10.1. The summed E-state index contributed by atoms with van der Waals surface area (Å²) >= 11 is 0. The van der Waals surface area contributed by atoms with E-state index in [2.05, 4.69) is 22.0 Å². The average molecular weight is 300 g/mol. The van der Waals surface area contributed by atoms with E-state index in [4.69, 9.17) is 0 Å². The molecule has 0 amide bonds. The molecule has 6 nitrogen and oxygen atoms in total. The van der Waals surface area contributed by atoms with E-state index in [1.807, 2.05) is 30.7 Å². The molecule has 2 heterocycles. The number of rotatable bonds is 6. The van der Waals surface area contributed by atoms with E-state index in [1.165, 1.54) is 6.20 Å². The highest BCUT2D eigenvalue weighted by Gasteiger charge is 2.15. The molecule has 0 fully saturated rings. The monoisotopic (exact) mass is 300 g/mol. The van der Waals surface area contributed by atoms with Crippen molar-refractivity contribution in [2.45, 2.75) is 39.7 Å². The summed E-state index contributed by atoms with van der Waals surface area (Å²) in [6, 6.07) is 1.92. The predicted molar refractivity (Wildman–Crippen MR) is 84.5 cm³/mol. The molecule has 0 saturated heterocycles. The van der Waals surface area contributed by atoms with Crippen molar-refractivity contribution < 1.29 is 9.90 Å². The van der Waals surface area contributed by atoms with Gasteiger partial charge in [-0.2, -0.15) is 5.10 Å². The van der Waals surface area contributed by atoms with E-state index in [0.717, 1.165) is 18.7 Å². The molecule has 2 aromatic heterocycles. The van der Waals surface area contributed by atoms with E-state index in [1.54, 1.807) is 12.3 Å². The van der Waals surface area contributed by atoms with Gasteiger partial charge in [0.15, 0.2) is 5.82 Å². The summed E-state index contributed by atoms with van der Waals surface area (Å²) in [5.41, 5.74) is 1.67. The molecular weight excluding hydrogens is 280 g/mol. The second kappa shape index (κ2) is 6.98. The number of nitrogens with zero attached hydrogens (tertiary/aromatic N) is 4. The third-order valence-corrected chi connectivity index (χ3v) is 3.20. The highest BCUT2D eigenvalue weighted by Crippen LogP contribution is 2.17. The molecule has 2 aromatic rings. The van der Waals surface area contributed by atoms with Crippen LogP contribution in [0.25, 0.3) is 12.2 Å². The fourth-order valence-electron chi connectivity index (χ4n) is 2.14. The van der Waals surface area contributed by atoms with E-state index >= 15 is 0 Å². The van der Waals surface area contributed by atoms with Gasteiger partial charge in [-0.05, 0) is 30.6 Å². The van der Waals surface area contributed by atoms with Gasteiger partial charge >= 0.3 is 5.97 Å². The van der Waals surface area contributed by atoms with Crippen LogP contribution < -0.4 is 0 Å². The topological polar surface area (TPSA) is 80.9 Å². The van der Waals surface area contributed by atoms with Crippen LogP contribution in [0, 0.1) is 0 Å². The first-order valence-corrected chi connectivity index (χ1v) is 7.33. The molecule has 2 rings (SSSR count). The van der Waals surface area contributed by atoms with Crippen molar-refractivity contribution in [3.05, 3.63) is 41.2 Å². The fourth-order valence-corrected chi connectivity index (χ4v) is 2.14. The van der Waals surface area contributed by atoms with Crippen LogP contribution in [0.1, 0.15) is 60.7 Å². The Balaban J connectivity index is 2.29. The molecule has 0 aliphatic heterocycles. The maximum atomic E-state index is 11.2. The number of hydrogen-bond donors (Lipinski definition) is 1. The van der Waals surface area contributed by atoms with Crippen LogP contribution in [-0.2, 0) is 6.54 Å². The zero-order chi connectivity index (χ0) is 16.1. The van der Waals surface area contributed by atoms with Crippen LogP contribution in [0.5, 0.6) is 0 Å². The third kappa shape index (κ3) is 3.58. The number of hydrogen-bond acceptors (Lipinski definition) is 4. The van der Waals surface area contributed by atoms with Gasteiger partial charge in [0.25, 0.3) is 0 Å². The minimum atomic E-state index is -1.000. The van der Waals surface area contributed by atoms with Crippen molar-refractivity contribution in [3.8, 4) is 0 Å². The van der Waals surface area contributed by atoms with Crippen LogP contribution >= 0.6 is 0 Å². The minimum Gasteiger partial charge on any atom is -0.478 e. The summed E-state index contributed by atoms with van der Waals surface area (Å²) in [5, 5.41) is 13.4. The molecule has 0 radical (unpaired) electrons. The van der Waals surface area contributed by atoms with Gasteiger partial charge in [0.05, 0.1) is 17.0 Å². The summed E-state index contributed by atoms with van der Waals surface area (Å²) in [6.07, 6.45) is 7.80. The summed E-state index contributed by atoms with van der Waals surface area (Å²) in [5.74, 6) is -0.481. The van der Waals surface area contributed by atoms with Crippen molar-refractivity contribution in [1.29, 1.82) is 0 Å². The highest BCUT2D eigenvalue weighted by molar-refractivity contribution is 5.88. The quantitative estimate of drug-likeness (QED) is 0.886. The van der Waals surface area contributed by atoms with Gasteiger partial charge in [-0.15, -0.1) is 0 Å². The Labute approximate surface area is 129 Å². The Bertz CT molecular complexity index is 689. The zero-order valence-electron chi connectivity index (χ0n) is 13.0. The van der Waals surface area contributed by atoms with Crippen LogP contribution in [-0.4, -0.2) is 30.8 Å². The van der Waals surface area contributed by atoms with Gasteiger partial charge in [0.2, 0.25) is 0 Å². The van der Waals surface area contributed by atoms with Crippen LogP contribution in [0.15, 0.2) is 18.5 Å². The summed E-state index contributed by atoms with van der Waals surface area (Å²) in [4.78, 5) is 19.7. The first-order valence-electron chi connectivity index (χ1n) is 7.33.